The summed E-state index contributed by atoms with van der Waals surface area (Å²) >= 11 is 5.73. The fourth-order valence-corrected chi connectivity index (χ4v) is 3.65. The van der Waals surface area contributed by atoms with Crippen LogP contribution in [0.25, 0.3) is 11.3 Å². The molecule has 2 aromatic heterocycles. The first kappa shape index (κ1) is 15.9. The van der Waals surface area contributed by atoms with Crippen LogP contribution in [0.2, 0.25) is 5.15 Å². The molecule has 0 amide bonds. The zero-order chi connectivity index (χ0) is 15.5. The van der Waals surface area contributed by atoms with E-state index in [4.69, 9.17) is 11.6 Å². The third-order valence-corrected chi connectivity index (χ3v) is 4.98. The van der Waals surface area contributed by atoms with E-state index in [0.717, 1.165) is 5.56 Å². The molecule has 0 fully saturated rings. The van der Waals surface area contributed by atoms with Crippen molar-refractivity contribution < 1.29 is 8.42 Å². The van der Waals surface area contributed by atoms with Crippen LogP contribution in [-0.2, 0) is 16.4 Å². The number of pyridine rings is 1. The lowest BCUT2D eigenvalue weighted by molar-refractivity contribution is 0.564. The van der Waals surface area contributed by atoms with Crippen molar-refractivity contribution >= 4 is 21.4 Å². The molecular formula is C13H17ClN4O2S. The van der Waals surface area contributed by atoms with Crippen LogP contribution in [0, 0.1) is 5.92 Å². The van der Waals surface area contributed by atoms with Crippen molar-refractivity contribution in [3.8, 4) is 11.3 Å². The summed E-state index contributed by atoms with van der Waals surface area (Å²) in [5.41, 5.74) is 1.43. The predicted molar refractivity (Wildman–Crippen MR) is 81.8 cm³/mol. The van der Waals surface area contributed by atoms with E-state index in [9.17, 15) is 8.42 Å². The van der Waals surface area contributed by atoms with Crippen molar-refractivity contribution in [1.29, 1.82) is 0 Å². The summed E-state index contributed by atoms with van der Waals surface area (Å²) in [7, 11) is -3.06. The van der Waals surface area contributed by atoms with Crippen molar-refractivity contribution in [3.05, 3.63) is 29.7 Å². The van der Waals surface area contributed by atoms with E-state index in [0.29, 0.717) is 17.4 Å². The Bertz CT molecular complexity index is 695. The van der Waals surface area contributed by atoms with Gasteiger partial charge in [-0.2, -0.15) is 0 Å². The number of halogens is 1. The Balaban J connectivity index is 2.02. The molecule has 0 aliphatic rings. The van der Waals surface area contributed by atoms with Gasteiger partial charge in [0.15, 0.2) is 9.84 Å². The van der Waals surface area contributed by atoms with Crippen LogP contribution in [0.15, 0.2) is 24.5 Å². The van der Waals surface area contributed by atoms with Gasteiger partial charge in [-0.1, -0.05) is 30.7 Å². The molecule has 0 unspecified atom stereocenters. The fraction of sp³-hybridized carbons (Fsp3) is 0.462. The van der Waals surface area contributed by atoms with Crippen LogP contribution in [0.4, 0.5) is 0 Å². The van der Waals surface area contributed by atoms with Gasteiger partial charge in [0.1, 0.15) is 10.8 Å². The average molecular weight is 329 g/mol. The van der Waals surface area contributed by atoms with E-state index >= 15 is 0 Å². The van der Waals surface area contributed by atoms with Crippen molar-refractivity contribution in [2.45, 2.75) is 20.4 Å². The summed E-state index contributed by atoms with van der Waals surface area (Å²) in [6, 6.07) is 3.46. The Kier molecular flexibility index (Phi) is 4.95. The molecule has 8 heteroatoms. The van der Waals surface area contributed by atoms with E-state index in [1.165, 1.54) is 4.68 Å². The zero-order valence-electron chi connectivity index (χ0n) is 11.9. The highest BCUT2D eigenvalue weighted by molar-refractivity contribution is 7.91. The third-order valence-electron chi connectivity index (χ3n) is 2.78. The van der Waals surface area contributed by atoms with Gasteiger partial charge in [-0.15, -0.1) is 5.10 Å². The molecule has 0 spiro atoms. The minimum absolute atomic E-state index is 0.0623. The third kappa shape index (κ3) is 4.78. The van der Waals surface area contributed by atoms with Crippen molar-refractivity contribution in [2.75, 3.05) is 11.5 Å². The maximum absolute atomic E-state index is 11.8. The quantitative estimate of drug-likeness (QED) is 0.758. The van der Waals surface area contributed by atoms with Crippen molar-refractivity contribution in [2.24, 2.45) is 5.92 Å². The molecule has 0 aliphatic heterocycles. The molecule has 0 aromatic carbocycles. The summed E-state index contributed by atoms with van der Waals surface area (Å²) in [6.07, 6.45) is 3.31. The Labute approximate surface area is 129 Å². The van der Waals surface area contributed by atoms with Gasteiger partial charge in [-0.05, 0) is 18.1 Å². The largest absolute Gasteiger partial charge is 0.251 e. The van der Waals surface area contributed by atoms with Crippen molar-refractivity contribution in [1.82, 2.24) is 20.0 Å². The molecule has 2 aromatic rings. The van der Waals surface area contributed by atoms with Gasteiger partial charge in [-0.25, -0.2) is 13.4 Å². The first-order valence-corrected chi connectivity index (χ1v) is 8.78. The molecule has 0 aliphatic carbocycles. The van der Waals surface area contributed by atoms with Gasteiger partial charge in [0.05, 0.1) is 24.2 Å². The van der Waals surface area contributed by atoms with Crippen LogP contribution in [0.1, 0.15) is 13.8 Å². The molecule has 0 radical (unpaired) electrons. The van der Waals surface area contributed by atoms with E-state index in [-0.39, 0.29) is 17.4 Å². The molecule has 2 rings (SSSR count). The zero-order valence-corrected chi connectivity index (χ0v) is 13.5. The molecule has 6 nitrogen and oxygen atoms in total. The number of rotatable bonds is 6. The molecule has 0 N–H and O–H groups in total. The summed E-state index contributed by atoms with van der Waals surface area (Å²) < 4.78 is 25.2. The lowest BCUT2D eigenvalue weighted by Gasteiger charge is -2.06. The Morgan fingerprint density at radius 3 is 2.71 bits per heavy atom. The lowest BCUT2D eigenvalue weighted by atomic mass is 10.2. The number of nitrogens with zero attached hydrogens (tertiary/aromatic N) is 4. The summed E-state index contributed by atoms with van der Waals surface area (Å²) in [6.45, 7) is 4.07. The van der Waals surface area contributed by atoms with Gasteiger partial charge in [0.25, 0.3) is 0 Å². The normalized spacial score (nSPS) is 12.0. The van der Waals surface area contributed by atoms with E-state index < -0.39 is 9.84 Å². The van der Waals surface area contributed by atoms with Gasteiger partial charge in [0.2, 0.25) is 0 Å². The topological polar surface area (TPSA) is 77.7 Å². The number of aromatic nitrogens is 4. The molecule has 0 saturated heterocycles. The van der Waals surface area contributed by atoms with Crippen LogP contribution in [0.5, 0.6) is 0 Å². The fourth-order valence-electron chi connectivity index (χ4n) is 1.89. The highest BCUT2D eigenvalue weighted by atomic mass is 35.5. The van der Waals surface area contributed by atoms with Crippen molar-refractivity contribution in [3.63, 3.8) is 0 Å². The average Bonchev–Trinajstić information content (AvgIpc) is 2.85. The smallest absolute Gasteiger partial charge is 0.152 e. The van der Waals surface area contributed by atoms with Gasteiger partial charge < -0.3 is 0 Å². The first-order valence-electron chi connectivity index (χ1n) is 6.58. The second-order valence-electron chi connectivity index (χ2n) is 5.24. The minimum Gasteiger partial charge on any atom is -0.251 e. The van der Waals surface area contributed by atoms with E-state index in [1.807, 2.05) is 13.8 Å². The summed E-state index contributed by atoms with van der Waals surface area (Å²) in [4.78, 5) is 3.98. The predicted octanol–water partition coefficient (Wildman–Crippen LogP) is 2.06. The van der Waals surface area contributed by atoms with Gasteiger partial charge in [-0.3, -0.25) is 4.68 Å². The van der Waals surface area contributed by atoms with Crippen LogP contribution in [0.3, 0.4) is 0 Å². The maximum atomic E-state index is 11.8. The molecule has 0 bridgehead atoms. The summed E-state index contributed by atoms with van der Waals surface area (Å²) in [5, 5.41) is 8.36. The number of hydrogen-bond acceptors (Lipinski definition) is 5. The van der Waals surface area contributed by atoms with E-state index in [1.54, 1.807) is 24.5 Å². The molecule has 114 valence electrons. The molecular weight excluding hydrogens is 312 g/mol. The highest BCUT2D eigenvalue weighted by Crippen LogP contribution is 2.16. The monoisotopic (exact) mass is 328 g/mol. The maximum Gasteiger partial charge on any atom is 0.152 e. The van der Waals surface area contributed by atoms with Crippen LogP contribution < -0.4 is 0 Å². The molecule has 2 heterocycles. The molecule has 21 heavy (non-hydrogen) atoms. The number of hydrogen-bond donors (Lipinski definition) is 0. The van der Waals surface area contributed by atoms with E-state index in [2.05, 4.69) is 15.3 Å². The van der Waals surface area contributed by atoms with Gasteiger partial charge >= 0.3 is 0 Å². The molecule has 0 atom stereocenters. The highest BCUT2D eigenvalue weighted by Gasteiger charge is 2.14. The standard InChI is InChI=1S/C13H17ClN4O2S/c1-10(2)9-21(19,20)6-5-18-8-12(16-17-18)11-3-4-13(14)15-7-11/h3-4,7-8,10H,5-6,9H2,1-2H3. The van der Waals surface area contributed by atoms with Crippen LogP contribution >= 0.6 is 11.6 Å². The Morgan fingerprint density at radius 1 is 1.33 bits per heavy atom. The number of aryl methyl sites for hydroxylation is 1. The summed E-state index contributed by atoms with van der Waals surface area (Å²) in [5.74, 6) is 0.379. The second-order valence-corrected chi connectivity index (χ2v) is 7.86. The minimum atomic E-state index is -3.06. The second kappa shape index (κ2) is 6.53. The molecule has 0 saturated carbocycles. The Hall–Kier alpha value is -1.47. The van der Waals surface area contributed by atoms with Crippen LogP contribution in [-0.4, -0.2) is 39.9 Å². The first-order chi connectivity index (χ1) is 9.85. The van der Waals surface area contributed by atoms with Gasteiger partial charge in [0, 0.05) is 11.8 Å². The SMILES string of the molecule is CC(C)CS(=O)(=O)CCn1cc(-c2ccc(Cl)nc2)nn1. The number of sulfone groups is 1. The lowest BCUT2D eigenvalue weighted by Crippen LogP contribution is -2.19. The Morgan fingerprint density at radius 2 is 2.10 bits per heavy atom.